The third-order valence-corrected chi connectivity index (χ3v) is 3.45. The summed E-state index contributed by atoms with van der Waals surface area (Å²) in [6, 6.07) is 0. The van der Waals surface area contributed by atoms with Crippen molar-refractivity contribution in [1.82, 2.24) is 0 Å². The van der Waals surface area contributed by atoms with E-state index in [2.05, 4.69) is 0 Å². The lowest BCUT2D eigenvalue weighted by atomic mass is 10.2. The summed E-state index contributed by atoms with van der Waals surface area (Å²) in [6.45, 7) is 6.23. The van der Waals surface area contributed by atoms with Crippen LogP contribution in [0.25, 0.3) is 0 Å². The Morgan fingerprint density at radius 1 is 1.31 bits per heavy atom. The van der Waals surface area contributed by atoms with Gasteiger partial charge in [-0.2, -0.15) is 8.42 Å². The van der Waals surface area contributed by atoms with E-state index in [-0.39, 0.29) is 11.7 Å². The number of hydrogen-bond donors (Lipinski definition) is 0. The molecule has 0 spiro atoms. The highest BCUT2D eigenvalue weighted by Gasteiger charge is 2.14. The summed E-state index contributed by atoms with van der Waals surface area (Å²) in [5.41, 5.74) is 0. The van der Waals surface area contributed by atoms with Crippen molar-refractivity contribution in [2.45, 2.75) is 40.0 Å². The normalized spacial score (nSPS) is 14.4. The van der Waals surface area contributed by atoms with Crippen molar-refractivity contribution in [2.24, 2.45) is 5.92 Å². The molecule has 3 nitrogen and oxygen atoms in total. The van der Waals surface area contributed by atoms with Gasteiger partial charge in [-0.3, -0.25) is 4.18 Å². The van der Waals surface area contributed by atoms with Crippen LogP contribution in [0.3, 0.4) is 0 Å². The molecule has 0 saturated carbocycles. The third kappa shape index (κ3) is 7.02. The Hall–Kier alpha value is -0.0900. The molecular weight excluding hydrogens is 188 g/mol. The molecule has 4 heteroatoms. The summed E-state index contributed by atoms with van der Waals surface area (Å²) in [5, 5.41) is 0. The molecule has 0 N–H and O–H groups in total. The quantitative estimate of drug-likeness (QED) is 0.476. The predicted octanol–water partition coefficient (Wildman–Crippen LogP) is 2.18. The van der Waals surface area contributed by atoms with Crippen LogP contribution in [0.4, 0.5) is 0 Å². The lowest BCUT2D eigenvalue weighted by molar-refractivity contribution is 0.307. The number of hydrogen-bond acceptors (Lipinski definition) is 3. The van der Waals surface area contributed by atoms with Crippen LogP contribution in [0.2, 0.25) is 0 Å². The maximum atomic E-state index is 11.3. The van der Waals surface area contributed by atoms with Gasteiger partial charge in [0.25, 0.3) is 10.1 Å². The molecule has 0 rings (SSSR count). The fraction of sp³-hybridized carbons (Fsp3) is 1.00. The summed E-state index contributed by atoms with van der Waals surface area (Å²) >= 11 is 0. The summed E-state index contributed by atoms with van der Waals surface area (Å²) < 4.78 is 27.3. The zero-order chi connectivity index (χ0) is 10.3. The van der Waals surface area contributed by atoms with Crippen molar-refractivity contribution in [3.05, 3.63) is 0 Å². The standard InChI is InChI=1S/C9H20O3S/c1-4-6-7-12-13(10,11)8-9(3)5-2/h9H,4-8H2,1-3H3. The van der Waals surface area contributed by atoms with Crippen LogP contribution in [0.15, 0.2) is 0 Å². The first-order chi connectivity index (χ1) is 6.02. The summed E-state index contributed by atoms with van der Waals surface area (Å²) in [4.78, 5) is 0. The molecule has 0 bridgehead atoms. The van der Waals surface area contributed by atoms with Crippen molar-refractivity contribution in [2.75, 3.05) is 12.4 Å². The molecule has 0 radical (unpaired) electrons. The van der Waals surface area contributed by atoms with Crippen LogP contribution >= 0.6 is 0 Å². The molecule has 0 aromatic carbocycles. The molecule has 0 aliphatic carbocycles. The Bertz CT molecular complexity index is 209. The van der Waals surface area contributed by atoms with E-state index in [0.717, 1.165) is 19.3 Å². The minimum atomic E-state index is -3.27. The SMILES string of the molecule is CCCCOS(=O)(=O)CC(C)CC. The van der Waals surface area contributed by atoms with Crippen LogP contribution in [0, 0.1) is 5.92 Å². The fourth-order valence-corrected chi connectivity index (χ4v) is 2.25. The van der Waals surface area contributed by atoms with Crippen molar-refractivity contribution < 1.29 is 12.6 Å². The zero-order valence-electron chi connectivity index (χ0n) is 8.75. The van der Waals surface area contributed by atoms with Gasteiger partial charge < -0.3 is 0 Å². The molecule has 13 heavy (non-hydrogen) atoms. The molecule has 0 fully saturated rings. The van der Waals surface area contributed by atoms with Crippen molar-refractivity contribution in [3.63, 3.8) is 0 Å². The molecule has 1 unspecified atom stereocenters. The Kier molecular flexibility index (Phi) is 6.33. The number of unbranched alkanes of at least 4 members (excludes halogenated alkanes) is 1. The van der Waals surface area contributed by atoms with Crippen LogP contribution in [-0.2, 0) is 14.3 Å². The van der Waals surface area contributed by atoms with Crippen molar-refractivity contribution in [3.8, 4) is 0 Å². The second-order valence-electron chi connectivity index (χ2n) is 3.41. The number of rotatable bonds is 7. The molecule has 1 atom stereocenters. The first kappa shape index (κ1) is 12.9. The van der Waals surface area contributed by atoms with E-state index in [9.17, 15) is 8.42 Å². The largest absolute Gasteiger partial charge is 0.270 e. The van der Waals surface area contributed by atoms with Crippen molar-refractivity contribution in [1.29, 1.82) is 0 Å². The first-order valence-corrected chi connectivity index (χ1v) is 6.46. The van der Waals surface area contributed by atoms with E-state index in [0.29, 0.717) is 6.61 Å². The van der Waals surface area contributed by atoms with Crippen LogP contribution < -0.4 is 0 Å². The maximum absolute atomic E-state index is 11.3. The summed E-state index contributed by atoms with van der Waals surface area (Å²) in [7, 11) is -3.27. The zero-order valence-corrected chi connectivity index (χ0v) is 9.56. The highest BCUT2D eigenvalue weighted by molar-refractivity contribution is 7.86. The first-order valence-electron chi connectivity index (χ1n) is 4.89. The predicted molar refractivity (Wildman–Crippen MR) is 54.1 cm³/mol. The van der Waals surface area contributed by atoms with E-state index in [4.69, 9.17) is 4.18 Å². The van der Waals surface area contributed by atoms with Crippen molar-refractivity contribution >= 4 is 10.1 Å². The van der Waals surface area contributed by atoms with Gasteiger partial charge >= 0.3 is 0 Å². The minimum absolute atomic E-state index is 0.146. The average Bonchev–Trinajstić information content (AvgIpc) is 2.03. The van der Waals surface area contributed by atoms with Gasteiger partial charge in [0.15, 0.2) is 0 Å². The minimum Gasteiger partial charge on any atom is -0.270 e. The monoisotopic (exact) mass is 208 g/mol. The van der Waals surface area contributed by atoms with Crippen LogP contribution in [0.1, 0.15) is 40.0 Å². The van der Waals surface area contributed by atoms with Crippen LogP contribution in [-0.4, -0.2) is 20.8 Å². The molecule has 0 aliphatic heterocycles. The van der Waals surface area contributed by atoms with Gasteiger partial charge in [0.2, 0.25) is 0 Å². The van der Waals surface area contributed by atoms with E-state index in [1.54, 1.807) is 0 Å². The van der Waals surface area contributed by atoms with E-state index < -0.39 is 10.1 Å². The van der Waals surface area contributed by atoms with Gasteiger partial charge in [-0.05, 0) is 12.3 Å². The van der Waals surface area contributed by atoms with Gasteiger partial charge in [0, 0.05) is 0 Å². The molecule has 0 aromatic heterocycles. The van der Waals surface area contributed by atoms with Gasteiger partial charge in [-0.1, -0.05) is 33.6 Å². The van der Waals surface area contributed by atoms with E-state index in [1.165, 1.54) is 0 Å². The van der Waals surface area contributed by atoms with Gasteiger partial charge in [-0.15, -0.1) is 0 Å². The summed E-state index contributed by atoms with van der Waals surface area (Å²) in [5.74, 6) is 0.333. The summed E-state index contributed by atoms with van der Waals surface area (Å²) in [6.07, 6.45) is 2.63. The Balaban J connectivity index is 3.81. The lowest BCUT2D eigenvalue weighted by Gasteiger charge is -2.09. The topological polar surface area (TPSA) is 43.4 Å². The second-order valence-corrected chi connectivity index (χ2v) is 5.10. The lowest BCUT2D eigenvalue weighted by Crippen LogP contribution is -2.16. The molecule has 0 amide bonds. The van der Waals surface area contributed by atoms with Gasteiger partial charge in [0.1, 0.15) is 0 Å². The van der Waals surface area contributed by atoms with E-state index in [1.807, 2.05) is 20.8 Å². The second kappa shape index (κ2) is 6.38. The Morgan fingerprint density at radius 2 is 1.92 bits per heavy atom. The average molecular weight is 208 g/mol. The van der Waals surface area contributed by atoms with Crippen LogP contribution in [0.5, 0.6) is 0 Å². The van der Waals surface area contributed by atoms with E-state index >= 15 is 0 Å². The fourth-order valence-electron chi connectivity index (χ4n) is 0.845. The molecule has 0 aliphatic rings. The molecule has 0 aromatic rings. The Labute approximate surface area is 81.6 Å². The molecular formula is C9H20O3S. The third-order valence-electron chi connectivity index (χ3n) is 1.95. The molecule has 0 saturated heterocycles. The molecule has 80 valence electrons. The maximum Gasteiger partial charge on any atom is 0.267 e. The van der Waals surface area contributed by atoms with Gasteiger partial charge in [-0.25, -0.2) is 0 Å². The Morgan fingerprint density at radius 3 is 2.38 bits per heavy atom. The highest BCUT2D eigenvalue weighted by Crippen LogP contribution is 2.07. The molecule has 0 heterocycles. The highest BCUT2D eigenvalue weighted by atomic mass is 32.2. The van der Waals surface area contributed by atoms with Gasteiger partial charge in [0.05, 0.1) is 12.4 Å². The smallest absolute Gasteiger partial charge is 0.267 e.